The summed E-state index contributed by atoms with van der Waals surface area (Å²) in [5, 5.41) is 10.8. The molecule has 0 fully saturated rings. The molecule has 1 aromatic heterocycles. The highest BCUT2D eigenvalue weighted by molar-refractivity contribution is 5.92. The molecule has 0 spiro atoms. The van der Waals surface area contributed by atoms with Gasteiger partial charge >= 0.3 is 0 Å². The fourth-order valence-electron chi connectivity index (χ4n) is 2.11. The number of carbonyl (C=O) groups excluding carboxylic acids is 1. The molecule has 0 aliphatic carbocycles. The highest BCUT2D eigenvalue weighted by Gasteiger charge is 2.10. The van der Waals surface area contributed by atoms with Crippen molar-refractivity contribution in [3.8, 4) is 5.75 Å². The second kappa shape index (κ2) is 5.62. The van der Waals surface area contributed by atoms with Crippen LogP contribution in [0.2, 0.25) is 0 Å². The maximum absolute atomic E-state index is 12.1. The molecule has 0 saturated heterocycles. The number of aromatic nitrogens is 3. The molecule has 0 aliphatic rings. The van der Waals surface area contributed by atoms with E-state index in [1.165, 1.54) is 0 Å². The zero-order valence-corrected chi connectivity index (χ0v) is 11.5. The van der Waals surface area contributed by atoms with Crippen LogP contribution < -0.4 is 10.1 Å². The SMILES string of the molecule is COc1ccccc1NC(=O)Cn1nnc2ccccc21. The smallest absolute Gasteiger partial charge is 0.246 e. The molecule has 1 amide bonds. The van der Waals surface area contributed by atoms with Crippen molar-refractivity contribution in [2.24, 2.45) is 0 Å². The number of para-hydroxylation sites is 3. The van der Waals surface area contributed by atoms with Crippen molar-refractivity contribution in [2.75, 3.05) is 12.4 Å². The molecule has 1 N–H and O–H groups in total. The van der Waals surface area contributed by atoms with Crippen LogP contribution in [0.15, 0.2) is 48.5 Å². The summed E-state index contributed by atoms with van der Waals surface area (Å²) in [6.07, 6.45) is 0. The number of methoxy groups -OCH3 is 1. The molecule has 0 aliphatic heterocycles. The van der Waals surface area contributed by atoms with E-state index in [0.717, 1.165) is 11.0 Å². The lowest BCUT2D eigenvalue weighted by Crippen LogP contribution is -2.19. The maximum Gasteiger partial charge on any atom is 0.246 e. The quantitative estimate of drug-likeness (QED) is 0.795. The summed E-state index contributed by atoms with van der Waals surface area (Å²) in [6.45, 7) is 0.0958. The number of fused-ring (bicyclic) bond motifs is 1. The summed E-state index contributed by atoms with van der Waals surface area (Å²) in [5.41, 5.74) is 2.23. The number of ether oxygens (including phenoxy) is 1. The van der Waals surface area contributed by atoms with Crippen LogP contribution in [0.1, 0.15) is 0 Å². The Kier molecular flexibility index (Phi) is 3.51. The minimum absolute atomic E-state index is 0.0958. The fraction of sp³-hybridized carbons (Fsp3) is 0.133. The van der Waals surface area contributed by atoms with Crippen molar-refractivity contribution in [1.29, 1.82) is 0 Å². The van der Waals surface area contributed by atoms with Gasteiger partial charge in [-0.25, -0.2) is 4.68 Å². The third-order valence-corrected chi connectivity index (χ3v) is 3.09. The molecular formula is C15H14N4O2. The summed E-state index contributed by atoms with van der Waals surface area (Å²) >= 11 is 0. The van der Waals surface area contributed by atoms with E-state index >= 15 is 0 Å². The fourth-order valence-corrected chi connectivity index (χ4v) is 2.11. The average Bonchev–Trinajstić information content (AvgIpc) is 2.91. The van der Waals surface area contributed by atoms with Gasteiger partial charge in [-0.1, -0.05) is 29.5 Å². The molecule has 1 heterocycles. The lowest BCUT2D eigenvalue weighted by Gasteiger charge is -2.09. The van der Waals surface area contributed by atoms with Crippen molar-refractivity contribution in [1.82, 2.24) is 15.0 Å². The molecule has 6 nitrogen and oxygen atoms in total. The first kappa shape index (κ1) is 13.1. The van der Waals surface area contributed by atoms with Crippen LogP contribution in [-0.2, 0) is 11.3 Å². The second-order valence-electron chi connectivity index (χ2n) is 4.48. The normalized spacial score (nSPS) is 10.5. The van der Waals surface area contributed by atoms with Crippen LogP contribution in [-0.4, -0.2) is 28.0 Å². The summed E-state index contributed by atoms with van der Waals surface area (Å²) in [5.74, 6) is 0.435. The Hall–Kier alpha value is -2.89. The molecule has 21 heavy (non-hydrogen) atoms. The number of hydrogen-bond acceptors (Lipinski definition) is 4. The first-order chi connectivity index (χ1) is 10.3. The van der Waals surface area contributed by atoms with Crippen LogP contribution >= 0.6 is 0 Å². The first-order valence-corrected chi connectivity index (χ1v) is 6.49. The van der Waals surface area contributed by atoms with Crippen molar-refractivity contribution in [2.45, 2.75) is 6.54 Å². The van der Waals surface area contributed by atoms with Gasteiger partial charge in [-0.3, -0.25) is 4.79 Å². The van der Waals surface area contributed by atoms with Gasteiger partial charge in [0, 0.05) is 0 Å². The zero-order valence-electron chi connectivity index (χ0n) is 11.5. The minimum Gasteiger partial charge on any atom is -0.495 e. The number of hydrogen-bond donors (Lipinski definition) is 1. The lowest BCUT2D eigenvalue weighted by molar-refractivity contribution is -0.116. The van der Waals surface area contributed by atoms with E-state index in [2.05, 4.69) is 15.6 Å². The van der Waals surface area contributed by atoms with Gasteiger partial charge in [0.25, 0.3) is 0 Å². The van der Waals surface area contributed by atoms with E-state index in [9.17, 15) is 4.79 Å². The van der Waals surface area contributed by atoms with Crippen LogP contribution in [0.3, 0.4) is 0 Å². The lowest BCUT2D eigenvalue weighted by atomic mass is 10.3. The van der Waals surface area contributed by atoms with Crippen LogP contribution in [0, 0.1) is 0 Å². The van der Waals surface area contributed by atoms with Crippen molar-refractivity contribution in [3.63, 3.8) is 0 Å². The molecule has 0 saturated carbocycles. The van der Waals surface area contributed by atoms with E-state index in [1.807, 2.05) is 36.4 Å². The molecule has 0 unspecified atom stereocenters. The van der Waals surface area contributed by atoms with Gasteiger partial charge in [-0.05, 0) is 24.3 Å². The number of carbonyl (C=O) groups is 1. The van der Waals surface area contributed by atoms with Crippen molar-refractivity contribution in [3.05, 3.63) is 48.5 Å². The number of nitrogens with zero attached hydrogens (tertiary/aromatic N) is 3. The van der Waals surface area contributed by atoms with Gasteiger partial charge in [0.1, 0.15) is 17.8 Å². The van der Waals surface area contributed by atoms with E-state index in [1.54, 1.807) is 23.9 Å². The largest absolute Gasteiger partial charge is 0.495 e. The van der Waals surface area contributed by atoms with Gasteiger partial charge in [0.15, 0.2) is 0 Å². The van der Waals surface area contributed by atoms with Gasteiger partial charge < -0.3 is 10.1 Å². The van der Waals surface area contributed by atoms with E-state index < -0.39 is 0 Å². The van der Waals surface area contributed by atoms with Crippen molar-refractivity contribution >= 4 is 22.6 Å². The Balaban J connectivity index is 1.77. The molecule has 0 atom stereocenters. The van der Waals surface area contributed by atoms with Crippen LogP contribution in [0.4, 0.5) is 5.69 Å². The van der Waals surface area contributed by atoms with Crippen LogP contribution in [0.5, 0.6) is 5.75 Å². The van der Waals surface area contributed by atoms with E-state index in [4.69, 9.17) is 4.74 Å². The average molecular weight is 282 g/mol. The molecule has 6 heteroatoms. The molecule has 3 aromatic rings. The van der Waals surface area contributed by atoms with E-state index in [-0.39, 0.29) is 12.5 Å². The third-order valence-electron chi connectivity index (χ3n) is 3.09. The molecule has 0 radical (unpaired) electrons. The van der Waals surface area contributed by atoms with Gasteiger partial charge in [0.05, 0.1) is 18.3 Å². The molecule has 3 rings (SSSR count). The molecule has 106 valence electrons. The number of amides is 1. The topological polar surface area (TPSA) is 69.0 Å². The summed E-state index contributed by atoms with van der Waals surface area (Å²) in [7, 11) is 1.57. The van der Waals surface area contributed by atoms with Crippen LogP contribution in [0.25, 0.3) is 11.0 Å². The Morgan fingerprint density at radius 3 is 2.81 bits per heavy atom. The highest BCUT2D eigenvalue weighted by atomic mass is 16.5. The molecular weight excluding hydrogens is 268 g/mol. The Bertz CT molecular complexity index is 782. The Morgan fingerprint density at radius 1 is 1.19 bits per heavy atom. The zero-order chi connectivity index (χ0) is 14.7. The maximum atomic E-state index is 12.1. The predicted molar refractivity (Wildman–Crippen MR) is 79.2 cm³/mol. The number of nitrogens with one attached hydrogen (secondary N) is 1. The van der Waals surface area contributed by atoms with E-state index in [0.29, 0.717) is 11.4 Å². The van der Waals surface area contributed by atoms with Gasteiger partial charge in [-0.15, -0.1) is 5.10 Å². The number of benzene rings is 2. The second-order valence-corrected chi connectivity index (χ2v) is 4.48. The van der Waals surface area contributed by atoms with Crippen molar-refractivity contribution < 1.29 is 9.53 Å². The third kappa shape index (κ3) is 2.69. The molecule has 2 aromatic carbocycles. The first-order valence-electron chi connectivity index (χ1n) is 6.49. The number of rotatable bonds is 4. The van der Waals surface area contributed by atoms with Gasteiger partial charge in [-0.2, -0.15) is 0 Å². The summed E-state index contributed by atoms with van der Waals surface area (Å²) in [4.78, 5) is 12.1. The summed E-state index contributed by atoms with van der Waals surface area (Å²) in [6, 6.07) is 14.8. The summed E-state index contributed by atoms with van der Waals surface area (Å²) < 4.78 is 6.77. The molecule has 0 bridgehead atoms. The number of anilines is 1. The van der Waals surface area contributed by atoms with Gasteiger partial charge in [0.2, 0.25) is 5.91 Å². The monoisotopic (exact) mass is 282 g/mol. The minimum atomic E-state index is -0.185. The highest BCUT2D eigenvalue weighted by Crippen LogP contribution is 2.23. The standard InChI is InChI=1S/C15H14N4O2/c1-21-14-9-5-3-7-12(14)16-15(20)10-19-13-8-4-2-6-11(13)17-18-19/h2-9H,10H2,1H3,(H,16,20). The Labute approximate surface area is 121 Å². The predicted octanol–water partition coefficient (Wildman–Crippen LogP) is 2.08. The Morgan fingerprint density at radius 2 is 1.95 bits per heavy atom.